The third kappa shape index (κ3) is 5.77. The highest BCUT2D eigenvalue weighted by molar-refractivity contribution is 6.09. The SMILES string of the molecule is CC1(C)c2ccccc2-c2ccc(N(c3cccc(-c4ccccc4)c3)c3ccc4c(c3)cc(-c3ccccc3)n3nc(-c5ccccc5)c(-c5ccccc5)c43)cc21. The lowest BCUT2D eigenvalue weighted by atomic mass is 9.82. The monoisotopic (exact) mass is 755 g/mol. The third-order valence-electron chi connectivity index (χ3n) is 12.2. The fourth-order valence-corrected chi connectivity index (χ4v) is 9.30. The molecule has 0 fully saturated rings. The number of benzene rings is 8. The van der Waals surface area contributed by atoms with Crippen LogP contribution in [0.5, 0.6) is 0 Å². The van der Waals surface area contributed by atoms with Crippen LogP contribution in [0, 0.1) is 0 Å². The van der Waals surface area contributed by atoms with E-state index in [2.05, 4.69) is 236 Å². The lowest BCUT2D eigenvalue weighted by Gasteiger charge is -2.29. The topological polar surface area (TPSA) is 20.5 Å². The van der Waals surface area contributed by atoms with Gasteiger partial charge in [0.15, 0.2) is 0 Å². The summed E-state index contributed by atoms with van der Waals surface area (Å²) in [5, 5.41) is 7.73. The quantitative estimate of drug-likeness (QED) is 0.161. The molecule has 0 amide bonds. The van der Waals surface area contributed by atoms with E-state index < -0.39 is 0 Å². The fraction of sp³-hybridized carbons (Fsp3) is 0.0536. The first-order valence-corrected chi connectivity index (χ1v) is 20.4. The predicted octanol–water partition coefficient (Wildman–Crippen LogP) is 14.9. The molecular formula is C56H41N3. The van der Waals surface area contributed by atoms with E-state index in [4.69, 9.17) is 5.10 Å². The van der Waals surface area contributed by atoms with Gasteiger partial charge >= 0.3 is 0 Å². The number of aromatic nitrogens is 2. The van der Waals surface area contributed by atoms with Gasteiger partial charge in [0.25, 0.3) is 0 Å². The van der Waals surface area contributed by atoms with E-state index in [1.807, 2.05) is 0 Å². The average Bonchev–Trinajstić information content (AvgIpc) is 3.81. The van der Waals surface area contributed by atoms with Gasteiger partial charge in [0.05, 0.1) is 11.2 Å². The average molecular weight is 756 g/mol. The number of hydrogen-bond acceptors (Lipinski definition) is 2. The molecule has 2 aromatic heterocycles. The van der Waals surface area contributed by atoms with Crippen molar-refractivity contribution in [1.29, 1.82) is 0 Å². The standard InChI is InChI=1S/C56H41N3/c1-56(2)50-29-16-15-28-48(50)49-33-31-46(37-51(49)56)58(44-27-17-26-42(34-44)38-18-7-3-8-19-38)45-30-32-47-43(35-45)36-52(39-20-9-4-10-21-39)59-55(47)53(40-22-11-5-12-23-40)54(57-59)41-24-13-6-14-25-41/h3-37H,1-2H3. The van der Waals surface area contributed by atoms with E-state index in [0.717, 1.165) is 67.0 Å². The Hall–Kier alpha value is -7.49. The number of nitrogens with zero attached hydrogens (tertiary/aromatic N) is 3. The minimum absolute atomic E-state index is 0.134. The van der Waals surface area contributed by atoms with Gasteiger partial charge in [-0.25, -0.2) is 4.52 Å². The Morgan fingerprint density at radius 2 is 0.983 bits per heavy atom. The minimum Gasteiger partial charge on any atom is -0.310 e. The summed E-state index contributed by atoms with van der Waals surface area (Å²) in [4.78, 5) is 2.43. The molecule has 3 heteroatoms. The Bertz CT molecular complexity index is 3170. The molecule has 59 heavy (non-hydrogen) atoms. The first-order chi connectivity index (χ1) is 29.0. The van der Waals surface area contributed by atoms with Gasteiger partial charge in [0.2, 0.25) is 0 Å². The molecule has 2 heterocycles. The first kappa shape index (κ1) is 34.7. The van der Waals surface area contributed by atoms with E-state index in [1.165, 1.54) is 33.4 Å². The van der Waals surface area contributed by atoms with Gasteiger partial charge in [-0.05, 0) is 86.8 Å². The van der Waals surface area contributed by atoms with Gasteiger partial charge in [-0.15, -0.1) is 0 Å². The lowest BCUT2D eigenvalue weighted by molar-refractivity contribution is 0.660. The van der Waals surface area contributed by atoms with Gasteiger partial charge in [-0.1, -0.05) is 184 Å². The van der Waals surface area contributed by atoms with Crippen LogP contribution in [-0.2, 0) is 5.41 Å². The van der Waals surface area contributed by atoms with E-state index in [1.54, 1.807) is 0 Å². The molecule has 0 aliphatic heterocycles. The summed E-state index contributed by atoms with van der Waals surface area (Å²) in [6.45, 7) is 4.71. The summed E-state index contributed by atoms with van der Waals surface area (Å²) in [7, 11) is 0. The van der Waals surface area contributed by atoms with Crippen LogP contribution < -0.4 is 4.90 Å². The molecule has 0 radical (unpaired) electrons. The molecule has 1 aliphatic rings. The Kier molecular flexibility index (Phi) is 8.16. The number of rotatable bonds is 7. The molecular weight excluding hydrogens is 715 g/mol. The van der Waals surface area contributed by atoms with E-state index in [-0.39, 0.29) is 5.41 Å². The highest BCUT2D eigenvalue weighted by Crippen LogP contribution is 2.51. The maximum absolute atomic E-state index is 5.45. The zero-order valence-electron chi connectivity index (χ0n) is 33.0. The zero-order chi connectivity index (χ0) is 39.5. The maximum Gasteiger partial charge on any atom is 0.101 e. The highest BCUT2D eigenvalue weighted by Gasteiger charge is 2.36. The molecule has 0 N–H and O–H groups in total. The molecule has 10 aromatic rings. The molecule has 3 nitrogen and oxygen atoms in total. The largest absolute Gasteiger partial charge is 0.310 e. The van der Waals surface area contributed by atoms with Crippen molar-refractivity contribution in [1.82, 2.24) is 9.61 Å². The van der Waals surface area contributed by atoms with E-state index in [9.17, 15) is 0 Å². The number of hydrogen-bond donors (Lipinski definition) is 0. The maximum atomic E-state index is 5.45. The number of anilines is 3. The fourth-order valence-electron chi connectivity index (χ4n) is 9.30. The van der Waals surface area contributed by atoms with Gasteiger partial charge < -0.3 is 4.90 Å². The van der Waals surface area contributed by atoms with Crippen molar-refractivity contribution in [2.24, 2.45) is 0 Å². The zero-order valence-corrected chi connectivity index (χ0v) is 33.0. The molecule has 280 valence electrons. The first-order valence-electron chi connectivity index (χ1n) is 20.4. The lowest BCUT2D eigenvalue weighted by Crippen LogP contribution is -2.16. The summed E-state index contributed by atoms with van der Waals surface area (Å²) in [6.07, 6.45) is 0. The summed E-state index contributed by atoms with van der Waals surface area (Å²) in [5.41, 5.74) is 18.5. The molecule has 0 unspecified atom stereocenters. The van der Waals surface area contributed by atoms with Crippen LogP contribution in [-0.4, -0.2) is 9.61 Å². The Morgan fingerprint density at radius 3 is 1.71 bits per heavy atom. The van der Waals surface area contributed by atoms with Gasteiger partial charge in [-0.3, -0.25) is 0 Å². The Balaban J connectivity index is 1.18. The Morgan fingerprint density at radius 1 is 0.424 bits per heavy atom. The smallest absolute Gasteiger partial charge is 0.101 e. The van der Waals surface area contributed by atoms with Crippen LogP contribution in [0.1, 0.15) is 25.0 Å². The van der Waals surface area contributed by atoms with Crippen LogP contribution in [0.3, 0.4) is 0 Å². The van der Waals surface area contributed by atoms with Crippen molar-refractivity contribution in [2.75, 3.05) is 4.90 Å². The van der Waals surface area contributed by atoms with Crippen molar-refractivity contribution in [3.63, 3.8) is 0 Å². The second-order valence-corrected chi connectivity index (χ2v) is 16.0. The number of pyridine rings is 1. The molecule has 0 saturated heterocycles. The van der Waals surface area contributed by atoms with E-state index >= 15 is 0 Å². The molecule has 0 saturated carbocycles. The highest BCUT2D eigenvalue weighted by atomic mass is 15.2. The molecule has 11 rings (SSSR count). The van der Waals surface area contributed by atoms with Crippen molar-refractivity contribution in [2.45, 2.75) is 19.3 Å². The van der Waals surface area contributed by atoms with Crippen molar-refractivity contribution >= 4 is 33.4 Å². The second kappa shape index (κ2) is 13.9. The summed E-state index contributed by atoms with van der Waals surface area (Å²) in [5.74, 6) is 0. The van der Waals surface area contributed by atoms with Crippen molar-refractivity contribution in [3.05, 3.63) is 223 Å². The van der Waals surface area contributed by atoms with Gasteiger partial charge in [-0.2, -0.15) is 5.10 Å². The summed E-state index contributed by atoms with van der Waals surface area (Å²) < 4.78 is 2.17. The molecule has 1 aliphatic carbocycles. The summed E-state index contributed by atoms with van der Waals surface area (Å²) in [6, 6.07) is 76.8. The van der Waals surface area contributed by atoms with Crippen LogP contribution in [0.15, 0.2) is 212 Å². The van der Waals surface area contributed by atoms with Crippen molar-refractivity contribution < 1.29 is 0 Å². The molecule has 0 spiro atoms. The third-order valence-corrected chi connectivity index (χ3v) is 12.2. The second-order valence-electron chi connectivity index (χ2n) is 16.0. The molecule has 0 bridgehead atoms. The summed E-state index contributed by atoms with van der Waals surface area (Å²) >= 11 is 0. The van der Waals surface area contributed by atoms with Crippen LogP contribution in [0.4, 0.5) is 17.1 Å². The van der Waals surface area contributed by atoms with Crippen LogP contribution in [0.25, 0.3) is 72.2 Å². The van der Waals surface area contributed by atoms with Crippen LogP contribution in [0.2, 0.25) is 0 Å². The van der Waals surface area contributed by atoms with Crippen molar-refractivity contribution in [3.8, 4) is 55.9 Å². The Labute approximate surface area is 345 Å². The normalized spacial score (nSPS) is 12.7. The molecule has 0 atom stereocenters. The number of fused-ring (bicyclic) bond motifs is 6. The minimum atomic E-state index is -0.134. The van der Waals surface area contributed by atoms with E-state index in [0.29, 0.717) is 0 Å². The van der Waals surface area contributed by atoms with Gasteiger partial charge in [0.1, 0.15) is 5.69 Å². The molecule has 8 aromatic carbocycles. The van der Waals surface area contributed by atoms with Gasteiger partial charge in [0, 0.05) is 44.6 Å². The van der Waals surface area contributed by atoms with Crippen LogP contribution >= 0.6 is 0 Å². The predicted molar refractivity (Wildman–Crippen MR) is 247 cm³/mol.